The van der Waals surface area contributed by atoms with E-state index in [0.717, 1.165) is 22.8 Å². The fourth-order valence-corrected chi connectivity index (χ4v) is 2.47. The zero-order chi connectivity index (χ0) is 15.6. The molecule has 2 aromatic rings. The van der Waals surface area contributed by atoms with Crippen molar-refractivity contribution in [2.75, 3.05) is 0 Å². The number of hydrogen-bond acceptors (Lipinski definition) is 1. The summed E-state index contributed by atoms with van der Waals surface area (Å²) in [6.45, 7) is 3.96. The van der Waals surface area contributed by atoms with Gasteiger partial charge in [0.05, 0.1) is 5.56 Å². The lowest BCUT2D eigenvalue weighted by molar-refractivity contribution is -0.137. The molecule has 0 spiro atoms. The summed E-state index contributed by atoms with van der Waals surface area (Å²) in [7, 11) is 0. The van der Waals surface area contributed by atoms with Crippen LogP contribution < -0.4 is 5.73 Å². The van der Waals surface area contributed by atoms with Crippen molar-refractivity contribution >= 4 is 0 Å². The predicted molar refractivity (Wildman–Crippen MR) is 78.0 cm³/mol. The van der Waals surface area contributed by atoms with Crippen LogP contribution in [0.3, 0.4) is 0 Å². The first-order valence-electron chi connectivity index (χ1n) is 6.75. The molecule has 0 saturated heterocycles. The van der Waals surface area contributed by atoms with Gasteiger partial charge in [0, 0.05) is 6.04 Å². The van der Waals surface area contributed by atoms with Gasteiger partial charge in [-0.1, -0.05) is 47.5 Å². The highest BCUT2D eigenvalue weighted by atomic mass is 19.4. The highest BCUT2D eigenvalue weighted by Gasteiger charge is 2.30. The van der Waals surface area contributed by atoms with Gasteiger partial charge < -0.3 is 5.73 Å². The SMILES string of the molecule is Cc1cc(C)cc(C(N)Cc2cccc(C(F)(F)F)c2)c1. The quantitative estimate of drug-likeness (QED) is 0.881. The van der Waals surface area contributed by atoms with Crippen molar-refractivity contribution in [2.24, 2.45) is 5.73 Å². The Morgan fingerprint density at radius 1 is 1.00 bits per heavy atom. The Bertz CT molecular complexity index is 612. The van der Waals surface area contributed by atoms with Crippen molar-refractivity contribution < 1.29 is 13.2 Å². The standard InChI is InChI=1S/C17H18F3N/c1-11-6-12(2)8-14(7-11)16(21)10-13-4-3-5-15(9-13)17(18,19)20/h3-9,16H,10,21H2,1-2H3. The first-order chi connectivity index (χ1) is 9.75. The molecule has 2 rings (SSSR count). The van der Waals surface area contributed by atoms with Crippen molar-refractivity contribution in [2.45, 2.75) is 32.5 Å². The molecule has 0 saturated carbocycles. The molecule has 0 aliphatic carbocycles. The van der Waals surface area contributed by atoms with Crippen LogP contribution in [0.2, 0.25) is 0 Å². The van der Waals surface area contributed by atoms with E-state index in [0.29, 0.717) is 12.0 Å². The normalized spacial score (nSPS) is 13.2. The fraction of sp³-hybridized carbons (Fsp3) is 0.294. The Morgan fingerprint density at radius 2 is 1.62 bits per heavy atom. The summed E-state index contributed by atoms with van der Waals surface area (Å²) in [5.74, 6) is 0. The van der Waals surface area contributed by atoms with Gasteiger partial charge in [0.2, 0.25) is 0 Å². The summed E-state index contributed by atoms with van der Waals surface area (Å²) >= 11 is 0. The van der Waals surface area contributed by atoms with Crippen molar-refractivity contribution in [3.05, 3.63) is 70.3 Å². The minimum absolute atomic E-state index is 0.313. The molecule has 0 radical (unpaired) electrons. The second-order valence-corrected chi connectivity index (χ2v) is 5.43. The average molecular weight is 293 g/mol. The van der Waals surface area contributed by atoms with E-state index in [1.54, 1.807) is 6.07 Å². The molecule has 0 aliphatic heterocycles. The monoisotopic (exact) mass is 293 g/mol. The number of hydrogen-bond donors (Lipinski definition) is 1. The van der Waals surface area contributed by atoms with E-state index < -0.39 is 11.7 Å². The molecule has 0 fully saturated rings. The lowest BCUT2D eigenvalue weighted by Crippen LogP contribution is -2.14. The third-order valence-corrected chi connectivity index (χ3v) is 3.38. The van der Waals surface area contributed by atoms with Gasteiger partial charge in [-0.25, -0.2) is 0 Å². The van der Waals surface area contributed by atoms with Crippen LogP contribution in [0.5, 0.6) is 0 Å². The van der Waals surface area contributed by atoms with Gasteiger partial charge >= 0.3 is 6.18 Å². The Balaban J connectivity index is 2.21. The first-order valence-corrected chi connectivity index (χ1v) is 6.75. The fourth-order valence-electron chi connectivity index (χ4n) is 2.47. The molecule has 0 aliphatic rings. The number of nitrogens with two attached hydrogens (primary N) is 1. The van der Waals surface area contributed by atoms with Crippen LogP contribution in [-0.4, -0.2) is 0 Å². The molecule has 1 unspecified atom stereocenters. The molecule has 0 amide bonds. The van der Waals surface area contributed by atoms with Gasteiger partial charge in [0.1, 0.15) is 0 Å². The molecule has 0 bridgehead atoms. The van der Waals surface area contributed by atoms with E-state index in [9.17, 15) is 13.2 Å². The summed E-state index contributed by atoms with van der Waals surface area (Å²) in [4.78, 5) is 0. The Labute approximate surface area is 122 Å². The molecule has 2 N–H and O–H groups in total. The molecule has 112 valence electrons. The molecule has 0 aromatic heterocycles. The highest BCUT2D eigenvalue weighted by Crippen LogP contribution is 2.30. The Morgan fingerprint density at radius 3 is 2.19 bits per heavy atom. The predicted octanol–water partition coefficient (Wildman–Crippen LogP) is 4.56. The van der Waals surface area contributed by atoms with Crippen LogP contribution in [0.1, 0.15) is 33.9 Å². The summed E-state index contributed by atoms with van der Waals surface area (Å²) < 4.78 is 38.1. The zero-order valence-electron chi connectivity index (χ0n) is 12.0. The zero-order valence-corrected chi connectivity index (χ0v) is 12.0. The maximum absolute atomic E-state index is 12.7. The third kappa shape index (κ3) is 4.08. The number of aryl methyl sites for hydroxylation is 2. The Hall–Kier alpha value is -1.81. The van der Waals surface area contributed by atoms with Gasteiger partial charge in [-0.15, -0.1) is 0 Å². The smallest absolute Gasteiger partial charge is 0.324 e. The van der Waals surface area contributed by atoms with Gasteiger partial charge in [-0.2, -0.15) is 13.2 Å². The maximum Gasteiger partial charge on any atom is 0.416 e. The third-order valence-electron chi connectivity index (χ3n) is 3.38. The number of benzene rings is 2. The Kier molecular flexibility index (Phi) is 4.37. The molecule has 2 aromatic carbocycles. The van der Waals surface area contributed by atoms with E-state index in [-0.39, 0.29) is 6.04 Å². The number of halogens is 3. The van der Waals surface area contributed by atoms with Gasteiger partial charge in [0.25, 0.3) is 0 Å². The van der Waals surface area contributed by atoms with E-state index in [2.05, 4.69) is 0 Å². The van der Waals surface area contributed by atoms with E-state index in [4.69, 9.17) is 5.73 Å². The van der Waals surface area contributed by atoms with Crippen molar-refractivity contribution in [1.82, 2.24) is 0 Å². The van der Waals surface area contributed by atoms with Crippen LogP contribution in [0.15, 0.2) is 42.5 Å². The topological polar surface area (TPSA) is 26.0 Å². The molecule has 4 heteroatoms. The molecule has 1 atom stereocenters. The largest absolute Gasteiger partial charge is 0.416 e. The molecule has 0 heterocycles. The van der Waals surface area contributed by atoms with E-state index in [1.807, 2.05) is 32.0 Å². The van der Waals surface area contributed by atoms with E-state index >= 15 is 0 Å². The van der Waals surface area contributed by atoms with Crippen molar-refractivity contribution in [3.63, 3.8) is 0 Å². The van der Waals surface area contributed by atoms with Crippen LogP contribution >= 0.6 is 0 Å². The molecule has 21 heavy (non-hydrogen) atoms. The molecule has 1 nitrogen and oxygen atoms in total. The number of rotatable bonds is 3. The van der Waals surface area contributed by atoms with Crippen molar-refractivity contribution in [3.8, 4) is 0 Å². The molecular weight excluding hydrogens is 275 g/mol. The number of alkyl halides is 3. The van der Waals surface area contributed by atoms with Crippen LogP contribution in [0.4, 0.5) is 13.2 Å². The minimum atomic E-state index is -4.32. The summed E-state index contributed by atoms with van der Waals surface area (Å²) in [5.41, 5.74) is 9.26. The maximum atomic E-state index is 12.7. The van der Waals surface area contributed by atoms with Crippen LogP contribution in [0.25, 0.3) is 0 Å². The highest BCUT2D eigenvalue weighted by molar-refractivity contribution is 5.33. The van der Waals surface area contributed by atoms with E-state index in [1.165, 1.54) is 12.1 Å². The summed E-state index contributed by atoms with van der Waals surface area (Å²) in [6.07, 6.45) is -3.94. The van der Waals surface area contributed by atoms with Crippen LogP contribution in [0, 0.1) is 13.8 Å². The van der Waals surface area contributed by atoms with Gasteiger partial charge in [-0.05, 0) is 37.5 Å². The summed E-state index contributed by atoms with van der Waals surface area (Å²) in [5, 5.41) is 0. The van der Waals surface area contributed by atoms with Gasteiger partial charge in [-0.3, -0.25) is 0 Å². The average Bonchev–Trinajstić information content (AvgIpc) is 2.37. The molecular formula is C17H18F3N. The minimum Gasteiger partial charge on any atom is -0.324 e. The lowest BCUT2D eigenvalue weighted by atomic mass is 9.96. The second kappa shape index (κ2) is 5.90. The summed E-state index contributed by atoms with van der Waals surface area (Å²) in [6, 6.07) is 11.0. The lowest BCUT2D eigenvalue weighted by Gasteiger charge is -2.15. The second-order valence-electron chi connectivity index (χ2n) is 5.43. The van der Waals surface area contributed by atoms with Gasteiger partial charge in [0.15, 0.2) is 0 Å². The van der Waals surface area contributed by atoms with Crippen LogP contribution in [-0.2, 0) is 12.6 Å². The first kappa shape index (κ1) is 15.6. The van der Waals surface area contributed by atoms with Crippen molar-refractivity contribution in [1.29, 1.82) is 0 Å².